The first-order chi connectivity index (χ1) is 7.63. The number of halogens is 3. The minimum absolute atomic E-state index is 0.210. The normalized spacial score (nSPS) is 10.8. The number of aliphatic hydroxyl groups is 1. The molecule has 84 valence electrons. The molecular formula is C10H7F3N2O. The molecule has 0 saturated heterocycles. The summed E-state index contributed by atoms with van der Waals surface area (Å²) in [5, 5.41) is 12.5. The Morgan fingerprint density at radius 3 is 2.50 bits per heavy atom. The summed E-state index contributed by atoms with van der Waals surface area (Å²) in [5.74, 6) is -4.11. The van der Waals surface area contributed by atoms with Crippen molar-refractivity contribution >= 4 is 0 Å². The van der Waals surface area contributed by atoms with Crippen LogP contribution in [0, 0.1) is 17.5 Å². The fraction of sp³-hybridized carbons (Fsp3) is 0.100. The first kappa shape index (κ1) is 10.7. The fourth-order valence-corrected chi connectivity index (χ4v) is 1.27. The zero-order chi connectivity index (χ0) is 11.7. The highest BCUT2D eigenvalue weighted by Gasteiger charge is 2.15. The first-order valence-electron chi connectivity index (χ1n) is 4.42. The molecular weight excluding hydrogens is 221 g/mol. The molecule has 0 unspecified atom stereocenters. The summed E-state index contributed by atoms with van der Waals surface area (Å²) in [4.78, 5) is 0. The Hall–Kier alpha value is -1.82. The van der Waals surface area contributed by atoms with E-state index >= 15 is 0 Å². The molecule has 0 amide bonds. The first-order valence-corrected chi connectivity index (χ1v) is 4.42. The van der Waals surface area contributed by atoms with Crippen molar-refractivity contribution in [3.8, 4) is 5.69 Å². The van der Waals surface area contributed by atoms with Crippen molar-refractivity contribution in [3.05, 3.63) is 47.5 Å². The minimum atomic E-state index is -1.54. The zero-order valence-electron chi connectivity index (χ0n) is 7.99. The smallest absolute Gasteiger partial charge is 0.196 e. The average Bonchev–Trinajstić information content (AvgIpc) is 2.74. The van der Waals surface area contributed by atoms with Gasteiger partial charge >= 0.3 is 0 Å². The van der Waals surface area contributed by atoms with E-state index in [1.54, 1.807) is 0 Å². The van der Waals surface area contributed by atoms with Crippen LogP contribution in [0.4, 0.5) is 13.2 Å². The Morgan fingerprint density at radius 2 is 1.88 bits per heavy atom. The van der Waals surface area contributed by atoms with Crippen molar-refractivity contribution in [1.29, 1.82) is 0 Å². The molecule has 1 aromatic carbocycles. The van der Waals surface area contributed by atoms with Crippen LogP contribution >= 0.6 is 0 Å². The quantitative estimate of drug-likeness (QED) is 0.795. The van der Waals surface area contributed by atoms with E-state index in [1.807, 2.05) is 0 Å². The van der Waals surface area contributed by atoms with Gasteiger partial charge in [0.05, 0.1) is 12.3 Å². The van der Waals surface area contributed by atoms with Crippen LogP contribution in [0.3, 0.4) is 0 Å². The number of hydrogen-bond acceptors (Lipinski definition) is 2. The highest BCUT2D eigenvalue weighted by molar-refractivity contribution is 5.34. The third kappa shape index (κ3) is 1.67. The Kier molecular flexibility index (Phi) is 2.66. The SMILES string of the molecule is OCc1ccn(-c2ccc(F)c(F)c2F)n1. The van der Waals surface area contributed by atoms with E-state index < -0.39 is 17.5 Å². The topological polar surface area (TPSA) is 38.0 Å². The second-order valence-electron chi connectivity index (χ2n) is 3.10. The van der Waals surface area contributed by atoms with Gasteiger partial charge in [0.15, 0.2) is 17.5 Å². The van der Waals surface area contributed by atoms with Gasteiger partial charge in [-0.3, -0.25) is 0 Å². The van der Waals surface area contributed by atoms with Crippen molar-refractivity contribution in [2.45, 2.75) is 6.61 Å². The average molecular weight is 228 g/mol. The Labute approximate surface area is 88.8 Å². The molecule has 0 saturated carbocycles. The Bertz CT molecular complexity index is 525. The molecule has 0 aliphatic carbocycles. The fourth-order valence-electron chi connectivity index (χ4n) is 1.27. The summed E-state index contributed by atoms with van der Waals surface area (Å²) < 4.78 is 39.9. The number of benzene rings is 1. The van der Waals surface area contributed by atoms with Crippen LogP contribution < -0.4 is 0 Å². The van der Waals surface area contributed by atoms with Crippen LogP contribution in [-0.4, -0.2) is 14.9 Å². The molecule has 0 atom stereocenters. The van der Waals surface area contributed by atoms with Gasteiger partial charge in [0.2, 0.25) is 0 Å². The lowest BCUT2D eigenvalue weighted by molar-refractivity contribution is 0.276. The molecule has 1 heterocycles. The zero-order valence-corrected chi connectivity index (χ0v) is 7.99. The van der Waals surface area contributed by atoms with Crippen molar-refractivity contribution in [3.63, 3.8) is 0 Å². The summed E-state index contributed by atoms with van der Waals surface area (Å²) in [6.07, 6.45) is 1.35. The van der Waals surface area contributed by atoms with Crippen molar-refractivity contribution in [1.82, 2.24) is 9.78 Å². The van der Waals surface area contributed by atoms with Gasteiger partial charge in [-0.05, 0) is 18.2 Å². The maximum Gasteiger partial charge on any atom is 0.196 e. The lowest BCUT2D eigenvalue weighted by Crippen LogP contribution is -2.03. The van der Waals surface area contributed by atoms with Crippen LogP contribution in [0.15, 0.2) is 24.4 Å². The number of aliphatic hydroxyl groups excluding tert-OH is 1. The van der Waals surface area contributed by atoms with Gasteiger partial charge in [0.1, 0.15) is 5.69 Å². The maximum absolute atomic E-state index is 13.3. The van der Waals surface area contributed by atoms with Gasteiger partial charge in [-0.2, -0.15) is 5.10 Å². The van der Waals surface area contributed by atoms with Gasteiger partial charge in [-0.15, -0.1) is 0 Å². The number of nitrogens with zero attached hydrogens (tertiary/aromatic N) is 2. The van der Waals surface area contributed by atoms with Crippen LogP contribution in [0.25, 0.3) is 5.69 Å². The summed E-state index contributed by atoms with van der Waals surface area (Å²) in [6, 6.07) is 3.33. The lowest BCUT2D eigenvalue weighted by atomic mass is 10.3. The maximum atomic E-state index is 13.3. The van der Waals surface area contributed by atoms with E-state index in [0.29, 0.717) is 5.69 Å². The molecule has 16 heavy (non-hydrogen) atoms. The van der Waals surface area contributed by atoms with Gasteiger partial charge < -0.3 is 5.11 Å². The largest absolute Gasteiger partial charge is 0.390 e. The predicted molar refractivity (Wildman–Crippen MR) is 49.4 cm³/mol. The van der Waals surface area contributed by atoms with E-state index in [2.05, 4.69) is 5.10 Å². The Balaban J connectivity index is 2.52. The molecule has 3 nitrogen and oxygen atoms in total. The molecule has 0 spiro atoms. The van der Waals surface area contributed by atoms with Gasteiger partial charge in [-0.1, -0.05) is 0 Å². The molecule has 0 radical (unpaired) electrons. The molecule has 2 rings (SSSR count). The van der Waals surface area contributed by atoms with E-state index in [-0.39, 0.29) is 12.3 Å². The number of aromatic nitrogens is 2. The lowest BCUT2D eigenvalue weighted by Gasteiger charge is -2.04. The predicted octanol–water partition coefficient (Wildman–Crippen LogP) is 1.78. The highest BCUT2D eigenvalue weighted by atomic mass is 19.2. The molecule has 6 heteroatoms. The van der Waals surface area contributed by atoms with Crippen LogP contribution in [0.2, 0.25) is 0 Å². The highest BCUT2D eigenvalue weighted by Crippen LogP contribution is 2.18. The third-order valence-electron chi connectivity index (χ3n) is 2.07. The summed E-state index contributed by atoms with van der Waals surface area (Å²) in [7, 11) is 0. The monoisotopic (exact) mass is 228 g/mol. The molecule has 0 bridgehead atoms. The molecule has 1 aromatic heterocycles. The van der Waals surface area contributed by atoms with Crippen LogP contribution in [0.5, 0.6) is 0 Å². The van der Waals surface area contributed by atoms with Crippen molar-refractivity contribution in [2.75, 3.05) is 0 Å². The number of rotatable bonds is 2. The van der Waals surface area contributed by atoms with Crippen molar-refractivity contribution in [2.24, 2.45) is 0 Å². The summed E-state index contributed by atoms with van der Waals surface area (Å²) in [5.41, 5.74) is 0.0998. The van der Waals surface area contributed by atoms with E-state index in [0.717, 1.165) is 16.8 Å². The standard InChI is InChI=1S/C10H7F3N2O/c11-7-1-2-8(10(13)9(7)12)15-4-3-6(5-16)14-15/h1-4,16H,5H2. The van der Waals surface area contributed by atoms with Crippen molar-refractivity contribution < 1.29 is 18.3 Å². The third-order valence-corrected chi connectivity index (χ3v) is 2.07. The molecule has 0 aliphatic heterocycles. The summed E-state index contributed by atoms with van der Waals surface area (Å²) >= 11 is 0. The van der Waals surface area contributed by atoms with E-state index in [4.69, 9.17) is 5.11 Å². The number of hydrogen-bond donors (Lipinski definition) is 1. The minimum Gasteiger partial charge on any atom is -0.390 e. The molecule has 2 aromatic rings. The summed E-state index contributed by atoms with van der Waals surface area (Å²) in [6.45, 7) is -0.307. The second-order valence-corrected chi connectivity index (χ2v) is 3.10. The molecule has 1 N–H and O–H groups in total. The molecule has 0 fully saturated rings. The van der Waals surface area contributed by atoms with Crippen LogP contribution in [-0.2, 0) is 6.61 Å². The van der Waals surface area contributed by atoms with Gasteiger partial charge in [-0.25, -0.2) is 17.9 Å². The van der Waals surface area contributed by atoms with Gasteiger partial charge in [0, 0.05) is 6.20 Å². The Morgan fingerprint density at radius 1 is 1.12 bits per heavy atom. The van der Waals surface area contributed by atoms with Crippen LogP contribution in [0.1, 0.15) is 5.69 Å². The van der Waals surface area contributed by atoms with E-state index in [1.165, 1.54) is 12.3 Å². The van der Waals surface area contributed by atoms with E-state index in [9.17, 15) is 13.2 Å². The van der Waals surface area contributed by atoms with Gasteiger partial charge in [0.25, 0.3) is 0 Å². The second kappa shape index (κ2) is 3.97. The molecule has 0 aliphatic rings.